The van der Waals surface area contributed by atoms with Gasteiger partial charge in [0.1, 0.15) is 5.75 Å². The number of aliphatic hydroxyl groups excluding tert-OH is 1. The molecule has 0 bridgehead atoms. The van der Waals surface area contributed by atoms with Gasteiger partial charge in [0, 0.05) is 22.7 Å². The summed E-state index contributed by atoms with van der Waals surface area (Å²) in [6.07, 6.45) is 0.535. The summed E-state index contributed by atoms with van der Waals surface area (Å²) in [4.78, 5) is 0. The molecule has 1 aromatic carbocycles. The third-order valence-electron chi connectivity index (χ3n) is 2.03. The fourth-order valence-electron chi connectivity index (χ4n) is 1.29. The number of benzene rings is 1. The van der Waals surface area contributed by atoms with E-state index in [2.05, 4.69) is 15.9 Å². The third-order valence-corrected chi connectivity index (χ3v) is 2.52. The molecule has 0 saturated carbocycles. The molecule has 0 unspecified atom stereocenters. The molecule has 0 fully saturated rings. The van der Waals surface area contributed by atoms with Crippen molar-refractivity contribution in [2.75, 3.05) is 13.7 Å². The lowest BCUT2D eigenvalue weighted by molar-refractivity contribution is 0.275. The second-order valence-electron chi connectivity index (χ2n) is 3.01. The Kier molecular flexibility index (Phi) is 4.38. The molecule has 0 radical (unpaired) electrons. The van der Waals surface area contributed by atoms with Crippen molar-refractivity contribution in [3.8, 4) is 5.75 Å². The SMILES string of the molecule is COc1ccc(Br)cc1[C@H](N)CCO. The zero-order chi connectivity index (χ0) is 10.6. The number of aliphatic hydroxyl groups is 1. The predicted molar refractivity (Wildman–Crippen MR) is 59.3 cm³/mol. The Balaban J connectivity index is 2.97. The number of rotatable bonds is 4. The number of ether oxygens (including phenoxy) is 1. The largest absolute Gasteiger partial charge is 0.496 e. The number of methoxy groups -OCH3 is 1. The summed E-state index contributed by atoms with van der Waals surface area (Å²) in [5.74, 6) is 0.758. The third kappa shape index (κ3) is 2.70. The molecule has 0 aliphatic heterocycles. The summed E-state index contributed by atoms with van der Waals surface area (Å²) in [5, 5.41) is 8.80. The highest BCUT2D eigenvalue weighted by Gasteiger charge is 2.11. The molecule has 1 rings (SSSR count). The second kappa shape index (κ2) is 5.34. The molecular formula is C10H14BrNO2. The highest BCUT2D eigenvalue weighted by atomic mass is 79.9. The molecule has 0 spiro atoms. The van der Waals surface area contributed by atoms with Crippen LogP contribution < -0.4 is 10.5 Å². The maximum Gasteiger partial charge on any atom is 0.123 e. The number of hydrogen-bond donors (Lipinski definition) is 2. The fraction of sp³-hybridized carbons (Fsp3) is 0.400. The highest BCUT2D eigenvalue weighted by Crippen LogP contribution is 2.28. The van der Waals surface area contributed by atoms with E-state index >= 15 is 0 Å². The van der Waals surface area contributed by atoms with Gasteiger partial charge in [-0.3, -0.25) is 0 Å². The van der Waals surface area contributed by atoms with Gasteiger partial charge >= 0.3 is 0 Å². The lowest BCUT2D eigenvalue weighted by Crippen LogP contribution is -2.13. The van der Waals surface area contributed by atoms with Crippen LogP contribution in [0.25, 0.3) is 0 Å². The molecule has 0 aliphatic rings. The highest BCUT2D eigenvalue weighted by molar-refractivity contribution is 9.10. The van der Waals surface area contributed by atoms with Crippen molar-refractivity contribution in [1.82, 2.24) is 0 Å². The van der Waals surface area contributed by atoms with Crippen molar-refractivity contribution in [3.63, 3.8) is 0 Å². The molecular weight excluding hydrogens is 246 g/mol. The molecule has 3 nitrogen and oxygen atoms in total. The first kappa shape index (κ1) is 11.5. The van der Waals surface area contributed by atoms with Crippen LogP contribution >= 0.6 is 15.9 Å². The first-order valence-corrected chi connectivity index (χ1v) is 5.18. The van der Waals surface area contributed by atoms with Gasteiger partial charge in [-0.25, -0.2) is 0 Å². The Hall–Kier alpha value is -0.580. The van der Waals surface area contributed by atoms with Crippen LogP contribution in [0.4, 0.5) is 0 Å². The average molecular weight is 260 g/mol. The maximum absolute atomic E-state index is 8.80. The standard InChI is InChI=1S/C10H14BrNO2/c1-14-10-3-2-7(11)6-8(10)9(12)4-5-13/h2-3,6,9,13H,4-5,12H2,1H3/t9-/m1/s1. The minimum Gasteiger partial charge on any atom is -0.496 e. The van der Waals surface area contributed by atoms with Gasteiger partial charge in [-0.05, 0) is 24.6 Å². The Bertz CT molecular complexity index is 304. The molecule has 0 amide bonds. The van der Waals surface area contributed by atoms with Crippen LogP contribution in [0.15, 0.2) is 22.7 Å². The Morgan fingerprint density at radius 3 is 2.86 bits per heavy atom. The Morgan fingerprint density at radius 2 is 2.29 bits per heavy atom. The van der Waals surface area contributed by atoms with E-state index in [-0.39, 0.29) is 12.6 Å². The van der Waals surface area contributed by atoms with E-state index in [1.54, 1.807) is 7.11 Å². The van der Waals surface area contributed by atoms with Crippen LogP contribution in [0.1, 0.15) is 18.0 Å². The normalized spacial score (nSPS) is 12.6. The predicted octanol–water partition coefficient (Wildman–Crippen LogP) is 1.84. The van der Waals surface area contributed by atoms with Gasteiger partial charge in [0.25, 0.3) is 0 Å². The van der Waals surface area contributed by atoms with Crippen LogP contribution in [0.5, 0.6) is 5.75 Å². The van der Waals surface area contributed by atoms with E-state index in [9.17, 15) is 0 Å². The van der Waals surface area contributed by atoms with E-state index in [0.29, 0.717) is 6.42 Å². The average Bonchev–Trinajstić information content (AvgIpc) is 2.18. The summed E-state index contributed by atoms with van der Waals surface area (Å²) in [6, 6.07) is 5.48. The minimum absolute atomic E-state index is 0.0802. The fourth-order valence-corrected chi connectivity index (χ4v) is 1.67. The molecule has 0 saturated heterocycles. The number of halogens is 1. The molecule has 78 valence electrons. The summed E-state index contributed by atoms with van der Waals surface area (Å²) in [7, 11) is 1.61. The van der Waals surface area contributed by atoms with Gasteiger partial charge in [0.15, 0.2) is 0 Å². The van der Waals surface area contributed by atoms with Gasteiger partial charge < -0.3 is 15.6 Å². The Labute approximate surface area is 92.0 Å². The van der Waals surface area contributed by atoms with Gasteiger partial charge in [-0.2, -0.15) is 0 Å². The molecule has 1 atom stereocenters. The van der Waals surface area contributed by atoms with Crippen LogP contribution in [0.3, 0.4) is 0 Å². The van der Waals surface area contributed by atoms with Crippen molar-refractivity contribution in [1.29, 1.82) is 0 Å². The van der Waals surface area contributed by atoms with Crippen molar-refractivity contribution in [2.24, 2.45) is 5.73 Å². The van der Waals surface area contributed by atoms with Gasteiger partial charge in [0.05, 0.1) is 7.11 Å². The molecule has 0 heterocycles. The van der Waals surface area contributed by atoms with Crippen molar-refractivity contribution >= 4 is 15.9 Å². The summed E-state index contributed by atoms with van der Waals surface area (Å²) < 4.78 is 6.15. The smallest absolute Gasteiger partial charge is 0.123 e. The zero-order valence-electron chi connectivity index (χ0n) is 8.03. The van der Waals surface area contributed by atoms with Crippen molar-refractivity contribution in [2.45, 2.75) is 12.5 Å². The summed E-state index contributed by atoms with van der Waals surface area (Å²) in [6.45, 7) is 0.0802. The molecule has 0 aliphatic carbocycles. The molecule has 4 heteroatoms. The molecule has 1 aromatic rings. The van der Waals surface area contributed by atoms with Crippen LogP contribution in [-0.2, 0) is 0 Å². The topological polar surface area (TPSA) is 55.5 Å². The second-order valence-corrected chi connectivity index (χ2v) is 3.92. The minimum atomic E-state index is -0.188. The maximum atomic E-state index is 8.80. The van der Waals surface area contributed by atoms with Crippen LogP contribution in [0, 0.1) is 0 Å². The lowest BCUT2D eigenvalue weighted by atomic mass is 10.0. The zero-order valence-corrected chi connectivity index (χ0v) is 9.62. The van der Waals surface area contributed by atoms with Crippen LogP contribution in [-0.4, -0.2) is 18.8 Å². The quantitative estimate of drug-likeness (QED) is 0.868. The van der Waals surface area contributed by atoms with Gasteiger partial charge in [-0.15, -0.1) is 0 Å². The van der Waals surface area contributed by atoms with E-state index in [4.69, 9.17) is 15.6 Å². The van der Waals surface area contributed by atoms with Gasteiger partial charge in [0.2, 0.25) is 0 Å². The van der Waals surface area contributed by atoms with E-state index in [1.165, 1.54) is 0 Å². The lowest BCUT2D eigenvalue weighted by Gasteiger charge is -2.14. The first-order valence-electron chi connectivity index (χ1n) is 4.39. The van der Waals surface area contributed by atoms with E-state index in [1.807, 2.05) is 18.2 Å². The summed E-state index contributed by atoms with van der Waals surface area (Å²) in [5.41, 5.74) is 6.80. The number of nitrogens with two attached hydrogens (primary N) is 1. The summed E-state index contributed by atoms with van der Waals surface area (Å²) >= 11 is 3.37. The molecule has 14 heavy (non-hydrogen) atoms. The Morgan fingerprint density at radius 1 is 1.57 bits per heavy atom. The van der Waals surface area contributed by atoms with Gasteiger partial charge in [-0.1, -0.05) is 15.9 Å². The molecule has 0 aromatic heterocycles. The monoisotopic (exact) mass is 259 g/mol. The van der Waals surface area contributed by atoms with Crippen molar-refractivity contribution < 1.29 is 9.84 Å². The van der Waals surface area contributed by atoms with Crippen molar-refractivity contribution in [3.05, 3.63) is 28.2 Å². The van der Waals surface area contributed by atoms with E-state index < -0.39 is 0 Å². The molecule has 3 N–H and O–H groups in total. The first-order chi connectivity index (χ1) is 6.69. The van der Waals surface area contributed by atoms with Crippen LogP contribution in [0.2, 0.25) is 0 Å². The number of hydrogen-bond acceptors (Lipinski definition) is 3. The van der Waals surface area contributed by atoms with E-state index in [0.717, 1.165) is 15.8 Å².